The van der Waals surface area contributed by atoms with Crippen molar-refractivity contribution in [1.29, 1.82) is 0 Å². The Morgan fingerprint density at radius 3 is 2.61 bits per heavy atom. The van der Waals surface area contributed by atoms with Crippen LogP contribution >= 0.6 is 11.8 Å². The van der Waals surface area contributed by atoms with Crippen LogP contribution in [0.15, 0.2) is 35.4 Å². The van der Waals surface area contributed by atoms with E-state index in [1.807, 2.05) is 0 Å². The molecule has 1 N–H and O–H groups in total. The molecule has 12 heteroatoms. The van der Waals surface area contributed by atoms with Crippen molar-refractivity contribution in [1.82, 2.24) is 30.1 Å². The van der Waals surface area contributed by atoms with Crippen LogP contribution in [0.2, 0.25) is 0 Å². The molecular formula is C19H19FN6O4S. The van der Waals surface area contributed by atoms with Gasteiger partial charge in [0.15, 0.2) is 5.69 Å². The summed E-state index contributed by atoms with van der Waals surface area (Å²) in [7, 11) is 3.21. The van der Waals surface area contributed by atoms with E-state index in [0.717, 1.165) is 16.7 Å². The van der Waals surface area contributed by atoms with Gasteiger partial charge < -0.3 is 10.2 Å². The number of thioether (sulfide) groups is 1. The summed E-state index contributed by atoms with van der Waals surface area (Å²) >= 11 is 0.778. The fourth-order valence-corrected chi connectivity index (χ4v) is 3.40. The van der Waals surface area contributed by atoms with Crippen molar-refractivity contribution in [2.24, 2.45) is 0 Å². The Balaban J connectivity index is 1.53. The van der Waals surface area contributed by atoms with Crippen molar-refractivity contribution < 1.29 is 23.6 Å². The predicted molar refractivity (Wildman–Crippen MR) is 110 cm³/mol. The van der Waals surface area contributed by atoms with E-state index in [0.29, 0.717) is 5.56 Å². The third kappa shape index (κ3) is 5.54. The van der Waals surface area contributed by atoms with E-state index < -0.39 is 22.9 Å². The molecule has 0 saturated carbocycles. The maximum Gasteiger partial charge on any atom is 0.293 e. The van der Waals surface area contributed by atoms with Crippen LogP contribution in [0.1, 0.15) is 16.1 Å². The lowest BCUT2D eigenvalue weighted by Gasteiger charge is -2.12. The predicted octanol–water partition coefficient (Wildman–Crippen LogP) is 0.972. The van der Waals surface area contributed by atoms with Crippen molar-refractivity contribution in [2.45, 2.75) is 6.54 Å². The molecular weight excluding hydrogens is 427 g/mol. The first kappa shape index (κ1) is 22.2. The van der Waals surface area contributed by atoms with E-state index in [1.54, 1.807) is 14.1 Å². The summed E-state index contributed by atoms with van der Waals surface area (Å²) in [5, 5.41) is 9.55. The van der Waals surface area contributed by atoms with Crippen LogP contribution in [0.25, 0.3) is 6.08 Å². The van der Waals surface area contributed by atoms with Gasteiger partial charge in [-0.05, 0) is 35.5 Å². The Labute approximate surface area is 181 Å². The van der Waals surface area contributed by atoms with Gasteiger partial charge in [0.05, 0.1) is 11.1 Å². The average Bonchev–Trinajstić information content (AvgIpc) is 3.29. The second-order valence-electron chi connectivity index (χ2n) is 6.73. The van der Waals surface area contributed by atoms with Gasteiger partial charge in [-0.1, -0.05) is 17.3 Å². The van der Waals surface area contributed by atoms with Crippen LogP contribution in [0.4, 0.5) is 9.18 Å². The van der Waals surface area contributed by atoms with Gasteiger partial charge in [-0.15, -0.1) is 5.10 Å². The number of benzene rings is 1. The Hall–Kier alpha value is -3.54. The second-order valence-corrected chi connectivity index (χ2v) is 7.72. The van der Waals surface area contributed by atoms with E-state index >= 15 is 0 Å². The molecule has 0 bridgehead atoms. The zero-order chi connectivity index (χ0) is 22.5. The molecule has 31 heavy (non-hydrogen) atoms. The van der Waals surface area contributed by atoms with Crippen LogP contribution < -0.4 is 5.32 Å². The summed E-state index contributed by atoms with van der Waals surface area (Å²) < 4.78 is 14.2. The minimum absolute atomic E-state index is 0.0110. The zero-order valence-electron chi connectivity index (χ0n) is 16.7. The Kier molecular flexibility index (Phi) is 6.80. The maximum absolute atomic E-state index is 13.0. The highest BCUT2D eigenvalue weighted by atomic mass is 32.2. The van der Waals surface area contributed by atoms with Gasteiger partial charge in [-0.3, -0.25) is 24.1 Å². The Bertz CT molecular complexity index is 1050. The molecule has 1 fully saturated rings. The van der Waals surface area contributed by atoms with Crippen molar-refractivity contribution in [3.8, 4) is 0 Å². The monoisotopic (exact) mass is 446 g/mol. The smallest absolute Gasteiger partial charge is 0.293 e. The molecule has 4 amide bonds. The summed E-state index contributed by atoms with van der Waals surface area (Å²) in [6.07, 6.45) is 2.85. The fourth-order valence-electron chi connectivity index (χ4n) is 2.53. The molecule has 1 aliphatic rings. The fraction of sp³-hybridized carbons (Fsp3) is 0.263. The lowest BCUT2D eigenvalue weighted by Crippen LogP contribution is -2.37. The molecule has 0 atom stereocenters. The molecule has 2 aromatic rings. The molecule has 0 spiro atoms. The summed E-state index contributed by atoms with van der Waals surface area (Å²) in [5.74, 6) is -1.63. The molecule has 0 unspecified atom stereocenters. The molecule has 162 valence electrons. The van der Waals surface area contributed by atoms with Crippen LogP contribution in [0.5, 0.6) is 0 Å². The van der Waals surface area contributed by atoms with Crippen molar-refractivity contribution in [2.75, 3.05) is 27.2 Å². The molecule has 2 heterocycles. The van der Waals surface area contributed by atoms with Crippen LogP contribution in [0.3, 0.4) is 0 Å². The largest absolute Gasteiger partial charge is 0.349 e. The minimum atomic E-state index is -0.544. The standard InChI is InChI=1S/C19H19FN6O4S/c1-24(2)16(27)11-25-10-14(22-23-25)17(28)21-7-8-26-18(29)15(31-19(26)30)9-12-3-5-13(20)6-4-12/h3-6,9-10H,7-8,11H2,1-2H3,(H,21,28)/b15-9+. The highest BCUT2D eigenvalue weighted by Gasteiger charge is 2.34. The summed E-state index contributed by atoms with van der Waals surface area (Å²) in [4.78, 5) is 51.1. The highest BCUT2D eigenvalue weighted by molar-refractivity contribution is 8.18. The third-order valence-electron chi connectivity index (χ3n) is 4.23. The van der Waals surface area contributed by atoms with Crippen molar-refractivity contribution in [3.05, 3.63) is 52.4 Å². The lowest BCUT2D eigenvalue weighted by atomic mass is 10.2. The zero-order valence-corrected chi connectivity index (χ0v) is 17.6. The van der Waals surface area contributed by atoms with Gasteiger partial charge >= 0.3 is 0 Å². The number of nitrogens with zero attached hydrogens (tertiary/aromatic N) is 5. The van der Waals surface area contributed by atoms with E-state index in [4.69, 9.17) is 0 Å². The molecule has 1 aromatic heterocycles. The second kappa shape index (κ2) is 9.51. The molecule has 1 aromatic carbocycles. The number of amides is 4. The minimum Gasteiger partial charge on any atom is -0.349 e. The summed E-state index contributed by atoms with van der Waals surface area (Å²) in [6.45, 7) is -0.0565. The number of carbonyl (C=O) groups is 4. The highest BCUT2D eigenvalue weighted by Crippen LogP contribution is 2.31. The quantitative estimate of drug-likeness (QED) is 0.630. The molecule has 3 rings (SSSR count). The van der Waals surface area contributed by atoms with Crippen molar-refractivity contribution in [3.63, 3.8) is 0 Å². The first-order valence-electron chi connectivity index (χ1n) is 9.14. The number of likely N-dealkylation sites (N-methyl/N-ethyl adjacent to an activating group) is 1. The molecule has 0 aliphatic carbocycles. The first-order chi connectivity index (χ1) is 14.7. The summed E-state index contributed by atoms with van der Waals surface area (Å²) in [6, 6.07) is 5.53. The number of imide groups is 1. The van der Waals surface area contributed by atoms with Crippen molar-refractivity contribution >= 4 is 40.8 Å². The van der Waals surface area contributed by atoms with Crippen LogP contribution in [-0.2, 0) is 16.1 Å². The molecule has 10 nitrogen and oxygen atoms in total. The van der Waals surface area contributed by atoms with E-state index in [2.05, 4.69) is 15.6 Å². The van der Waals surface area contributed by atoms with E-state index in [9.17, 15) is 23.6 Å². The number of halogens is 1. The Morgan fingerprint density at radius 1 is 1.23 bits per heavy atom. The van der Waals surface area contributed by atoms with Gasteiger partial charge in [0, 0.05) is 27.2 Å². The maximum atomic E-state index is 13.0. The Morgan fingerprint density at radius 2 is 1.94 bits per heavy atom. The van der Waals surface area contributed by atoms with Gasteiger partial charge in [0.2, 0.25) is 5.91 Å². The number of rotatable bonds is 7. The number of hydrogen-bond donors (Lipinski definition) is 1. The molecule has 1 aliphatic heterocycles. The van der Waals surface area contributed by atoms with Gasteiger partial charge in [-0.2, -0.15) is 0 Å². The molecule has 0 radical (unpaired) electrons. The summed E-state index contributed by atoms with van der Waals surface area (Å²) in [5.41, 5.74) is 0.605. The average molecular weight is 446 g/mol. The van der Waals surface area contributed by atoms with E-state index in [1.165, 1.54) is 46.1 Å². The number of hydrogen-bond acceptors (Lipinski definition) is 7. The van der Waals surface area contributed by atoms with Gasteiger partial charge in [-0.25, -0.2) is 9.07 Å². The topological polar surface area (TPSA) is 118 Å². The SMILES string of the molecule is CN(C)C(=O)Cn1cc(C(=O)NCCN2C(=O)S/C(=C/c3ccc(F)cc3)C2=O)nn1. The number of aromatic nitrogens is 3. The molecule has 1 saturated heterocycles. The van der Waals surface area contributed by atoms with E-state index in [-0.39, 0.29) is 36.1 Å². The first-order valence-corrected chi connectivity index (χ1v) is 9.95. The normalized spacial score (nSPS) is 14.9. The van der Waals surface area contributed by atoms with Crippen LogP contribution in [-0.4, -0.2) is 74.9 Å². The number of carbonyl (C=O) groups excluding carboxylic acids is 4. The van der Waals surface area contributed by atoms with Gasteiger partial charge in [0.1, 0.15) is 12.4 Å². The van der Waals surface area contributed by atoms with Crippen LogP contribution in [0, 0.1) is 5.82 Å². The third-order valence-corrected chi connectivity index (χ3v) is 5.14. The number of nitrogens with one attached hydrogen (secondary N) is 1. The van der Waals surface area contributed by atoms with Gasteiger partial charge in [0.25, 0.3) is 17.1 Å². The lowest BCUT2D eigenvalue weighted by molar-refractivity contribution is -0.129.